The molecule has 0 nitrogen and oxygen atoms in total. The van der Waals surface area contributed by atoms with E-state index in [-0.39, 0.29) is 5.38 Å². The normalized spacial score (nSPS) is 12.5. The molecule has 1 unspecified atom stereocenters. The second kappa shape index (κ2) is 6.18. The van der Waals surface area contributed by atoms with Crippen LogP contribution >= 0.6 is 34.2 Å². The number of hydrogen-bond acceptors (Lipinski definition) is 0. The van der Waals surface area contributed by atoms with Crippen molar-refractivity contribution in [1.29, 1.82) is 0 Å². The van der Waals surface area contributed by atoms with Crippen LogP contribution < -0.4 is 0 Å². The fourth-order valence-electron chi connectivity index (χ4n) is 1.90. The summed E-state index contributed by atoms with van der Waals surface area (Å²) in [6.07, 6.45) is 0.470. The highest BCUT2D eigenvalue weighted by molar-refractivity contribution is 14.1. The lowest BCUT2D eigenvalue weighted by Crippen LogP contribution is -2.00. The van der Waals surface area contributed by atoms with Gasteiger partial charge in [-0.25, -0.2) is 8.78 Å². The van der Waals surface area contributed by atoms with Crippen molar-refractivity contribution < 1.29 is 8.78 Å². The molecule has 0 fully saturated rings. The molecular formula is C15H12ClF2I. The third-order valence-electron chi connectivity index (χ3n) is 2.96. The lowest BCUT2D eigenvalue weighted by molar-refractivity contribution is 0.507. The zero-order valence-electron chi connectivity index (χ0n) is 10.3. The average molecular weight is 393 g/mol. The Labute approximate surface area is 129 Å². The lowest BCUT2D eigenvalue weighted by atomic mass is 10.0. The van der Waals surface area contributed by atoms with E-state index >= 15 is 0 Å². The predicted octanol–water partition coefficient (Wildman–Crippen LogP) is 5.40. The summed E-state index contributed by atoms with van der Waals surface area (Å²) in [6, 6.07) is 9.84. The van der Waals surface area contributed by atoms with Gasteiger partial charge in [0.25, 0.3) is 0 Å². The first-order valence-corrected chi connectivity index (χ1v) is 7.33. The smallest absolute Gasteiger partial charge is 0.159 e. The van der Waals surface area contributed by atoms with Crippen molar-refractivity contribution in [2.24, 2.45) is 0 Å². The van der Waals surface area contributed by atoms with Gasteiger partial charge in [-0.2, -0.15) is 0 Å². The highest BCUT2D eigenvalue weighted by atomic mass is 127. The number of rotatable bonds is 3. The van der Waals surface area contributed by atoms with Gasteiger partial charge in [-0.05, 0) is 64.8 Å². The van der Waals surface area contributed by atoms with Gasteiger partial charge < -0.3 is 0 Å². The van der Waals surface area contributed by atoms with Crippen LogP contribution in [0, 0.1) is 22.1 Å². The Bertz CT molecular complexity index is 599. The quantitative estimate of drug-likeness (QED) is 0.485. The molecular weight excluding hydrogens is 381 g/mol. The summed E-state index contributed by atoms with van der Waals surface area (Å²) in [7, 11) is 0. The van der Waals surface area contributed by atoms with Gasteiger partial charge in [-0.1, -0.05) is 24.3 Å². The minimum atomic E-state index is -0.833. The van der Waals surface area contributed by atoms with Gasteiger partial charge in [-0.3, -0.25) is 0 Å². The van der Waals surface area contributed by atoms with Gasteiger partial charge in [0.15, 0.2) is 11.6 Å². The lowest BCUT2D eigenvalue weighted by Gasteiger charge is -2.13. The van der Waals surface area contributed by atoms with Crippen LogP contribution in [0.5, 0.6) is 0 Å². The minimum absolute atomic E-state index is 0.253. The predicted molar refractivity (Wildman–Crippen MR) is 82.6 cm³/mol. The van der Waals surface area contributed by atoms with E-state index in [0.29, 0.717) is 12.0 Å². The first-order chi connectivity index (χ1) is 8.99. The van der Waals surface area contributed by atoms with E-state index in [1.165, 1.54) is 6.07 Å². The second-order valence-electron chi connectivity index (χ2n) is 4.40. The molecule has 19 heavy (non-hydrogen) atoms. The van der Waals surface area contributed by atoms with E-state index in [1.54, 1.807) is 6.07 Å². The zero-order chi connectivity index (χ0) is 14.0. The molecule has 0 aliphatic carbocycles. The van der Waals surface area contributed by atoms with E-state index in [9.17, 15) is 8.78 Å². The molecule has 0 saturated heterocycles. The molecule has 0 spiro atoms. The first kappa shape index (κ1) is 14.7. The van der Waals surface area contributed by atoms with Crippen molar-refractivity contribution in [2.45, 2.75) is 18.7 Å². The van der Waals surface area contributed by atoms with Crippen molar-refractivity contribution in [3.05, 3.63) is 68.3 Å². The second-order valence-corrected chi connectivity index (χ2v) is 6.00. The number of hydrogen-bond donors (Lipinski definition) is 0. The summed E-state index contributed by atoms with van der Waals surface area (Å²) in [5, 5.41) is -0.253. The largest absolute Gasteiger partial charge is 0.204 e. The number of alkyl halides is 1. The fourth-order valence-corrected chi connectivity index (χ4v) is 3.18. The molecule has 0 bridgehead atoms. The molecule has 2 rings (SSSR count). The Kier molecular flexibility index (Phi) is 4.79. The van der Waals surface area contributed by atoms with Gasteiger partial charge in [0, 0.05) is 3.57 Å². The molecule has 0 N–H and O–H groups in total. The molecule has 0 heterocycles. The maximum Gasteiger partial charge on any atom is 0.159 e. The Hall–Kier alpha value is -0.680. The Morgan fingerprint density at radius 1 is 1.16 bits per heavy atom. The Morgan fingerprint density at radius 2 is 1.89 bits per heavy atom. The standard InChI is InChI=1S/C15H12ClF2I/c1-9-3-2-4-11(15(9)19)12(16)7-10-5-6-13(17)14(18)8-10/h2-6,8,12H,7H2,1H3. The van der Waals surface area contributed by atoms with Gasteiger partial charge in [0.1, 0.15) is 0 Å². The van der Waals surface area contributed by atoms with Gasteiger partial charge in [0.05, 0.1) is 5.38 Å². The topological polar surface area (TPSA) is 0 Å². The summed E-state index contributed by atoms with van der Waals surface area (Å²) < 4.78 is 27.1. The van der Waals surface area contributed by atoms with E-state index in [0.717, 1.165) is 20.8 Å². The fraction of sp³-hybridized carbons (Fsp3) is 0.200. The molecule has 0 saturated carbocycles. The molecule has 0 amide bonds. The maximum atomic E-state index is 13.2. The maximum absolute atomic E-state index is 13.2. The van der Waals surface area contributed by atoms with E-state index < -0.39 is 11.6 Å². The molecule has 0 aliphatic heterocycles. The van der Waals surface area contributed by atoms with Crippen LogP contribution in [-0.4, -0.2) is 0 Å². The Balaban J connectivity index is 2.23. The summed E-state index contributed by atoms with van der Waals surface area (Å²) in [4.78, 5) is 0. The van der Waals surface area contributed by atoms with Crippen molar-refractivity contribution in [2.75, 3.05) is 0 Å². The van der Waals surface area contributed by atoms with Gasteiger partial charge in [0.2, 0.25) is 0 Å². The molecule has 1 atom stereocenters. The summed E-state index contributed by atoms with van der Waals surface area (Å²) >= 11 is 8.65. The number of aryl methyl sites for hydroxylation is 1. The monoisotopic (exact) mass is 392 g/mol. The van der Waals surface area contributed by atoms with E-state index in [1.807, 2.05) is 25.1 Å². The minimum Gasteiger partial charge on any atom is -0.204 e. The van der Waals surface area contributed by atoms with Crippen LogP contribution in [0.1, 0.15) is 22.1 Å². The van der Waals surface area contributed by atoms with Gasteiger partial charge in [-0.15, -0.1) is 11.6 Å². The van der Waals surface area contributed by atoms with Crippen molar-refractivity contribution in [3.63, 3.8) is 0 Å². The SMILES string of the molecule is Cc1cccc(C(Cl)Cc2ccc(F)c(F)c2)c1I. The third kappa shape index (κ3) is 3.45. The molecule has 0 aromatic heterocycles. The van der Waals surface area contributed by atoms with Crippen LogP contribution in [0.2, 0.25) is 0 Å². The highest BCUT2D eigenvalue weighted by Crippen LogP contribution is 2.30. The molecule has 2 aromatic carbocycles. The van der Waals surface area contributed by atoms with Crippen LogP contribution in [0.25, 0.3) is 0 Å². The highest BCUT2D eigenvalue weighted by Gasteiger charge is 2.14. The molecule has 2 aromatic rings. The van der Waals surface area contributed by atoms with E-state index in [2.05, 4.69) is 22.6 Å². The van der Waals surface area contributed by atoms with Crippen molar-refractivity contribution in [3.8, 4) is 0 Å². The van der Waals surface area contributed by atoms with Crippen LogP contribution in [0.15, 0.2) is 36.4 Å². The molecule has 0 radical (unpaired) electrons. The summed E-state index contributed by atoms with van der Waals surface area (Å²) in [5.41, 5.74) is 2.87. The first-order valence-electron chi connectivity index (χ1n) is 5.82. The summed E-state index contributed by atoms with van der Waals surface area (Å²) in [5.74, 6) is -1.67. The van der Waals surface area contributed by atoms with Crippen LogP contribution in [0.3, 0.4) is 0 Å². The van der Waals surface area contributed by atoms with E-state index in [4.69, 9.17) is 11.6 Å². The molecule has 100 valence electrons. The zero-order valence-corrected chi connectivity index (χ0v) is 13.2. The third-order valence-corrected chi connectivity index (χ3v) is 4.82. The van der Waals surface area contributed by atoms with Crippen LogP contribution in [0.4, 0.5) is 8.78 Å². The average Bonchev–Trinajstić information content (AvgIpc) is 2.37. The number of halogens is 4. The molecule has 0 aliphatic rings. The van der Waals surface area contributed by atoms with Crippen molar-refractivity contribution >= 4 is 34.2 Å². The number of benzene rings is 2. The Morgan fingerprint density at radius 3 is 2.58 bits per heavy atom. The summed E-state index contributed by atoms with van der Waals surface area (Å²) in [6.45, 7) is 2.02. The van der Waals surface area contributed by atoms with Gasteiger partial charge >= 0.3 is 0 Å². The molecule has 4 heteroatoms. The van der Waals surface area contributed by atoms with Crippen molar-refractivity contribution in [1.82, 2.24) is 0 Å². The van der Waals surface area contributed by atoms with Crippen LogP contribution in [-0.2, 0) is 6.42 Å².